The smallest absolute Gasteiger partial charge is 0.124 e. The van der Waals surface area contributed by atoms with Crippen molar-refractivity contribution < 1.29 is 4.74 Å². The minimum Gasteiger partial charge on any atom is -0.493 e. The van der Waals surface area contributed by atoms with Crippen LogP contribution in [0, 0.1) is 0 Å². The van der Waals surface area contributed by atoms with Crippen molar-refractivity contribution in [2.24, 2.45) is 5.73 Å². The van der Waals surface area contributed by atoms with Crippen molar-refractivity contribution in [1.29, 1.82) is 0 Å². The Morgan fingerprint density at radius 3 is 2.95 bits per heavy atom. The number of hydrogen-bond acceptors (Lipinski definition) is 3. The summed E-state index contributed by atoms with van der Waals surface area (Å²) >= 11 is 0. The predicted molar refractivity (Wildman–Crippen MR) is 77.3 cm³/mol. The first-order chi connectivity index (χ1) is 9.31. The number of fused-ring (bicyclic) bond motifs is 1. The van der Waals surface area contributed by atoms with Crippen LogP contribution >= 0.6 is 0 Å². The molecular formula is C16H24N2O. The van der Waals surface area contributed by atoms with Gasteiger partial charge in [-0.3, -0.25) is 4.90 Å². The van der Waals surface area contributed by atoms with Gasteiger partial charge in [0.15, 0.2) is 0 Å². The van der Waals surface area contributed by atoms with Crippen LogP contribution in [-0.4, -0.2) is 30.1 Å². The molecule has 0 amide bonds. The first-order valence-corrected chi connectivity index (χ1v) is 7.50. The molecular weight excluding hydrogens is 236 g/mol. The quantitative estimate of drug-likeness (QED) is 0.888. The Hall–Kier alpha value is -1.06. The van der Waals surface area contributed by atoms with Gasteiger partial charge in [0, 0.05) is 36.7 Å². The molecule has 1 saturated heterocycles. The first kappa shape index (κ1) is 12.9. The third-order valence-electron chi connectivity index (χ3n) is 4.65. The Bertz CT molecular complexity index is 435. The number of hydrogen-bond donors (Lipinski definition) is 1. The van der Waals surface area contributed by atoms with E-state index in [2.05, 4.69) is 36.1 Å². The van der Waals surface area contributed by atoms with E-state index in [4.69, 9.17) is 10.5 Å². The summed E-state index contributed by atoms with van der Waals surface area (Å²) in [4.78, 5) is 2.66. The standard InChI is InChI=1S/C16H24N2O/c1-12-5-4-6-13(11-17)18(12)15-9-10-19-16-8-3-2-7-14(15)16/h2-3,7-8,12-13,15H,4-6,9-11,17H2,1H3. The Labute approximate surface area is 115 Å². The van der Waals surface area contributed by atoms with Crippen LogP contribution in [-0.2, 0) is 0 Å². The fraction of sp³-hybridized carbons (Fsp3) is 0.625. The number of nitrogens with two attached hydrogens (primary N) is 1. The van der Waals surface area contributed by atoms with Gasteiger partial charge in [-0.15, -0.1) is 0 Å². The predicted octanol–water partition coefficient (Wildman–Crippen LogP) is 2.71. The maximum Gasteiger partial charge on any atom is 0.124 e. The van der Waals surface area contributed by atoms with Gasteiger partial charge in [0.25, 0.3) is 0 Å². The van der Waals surface area contributed by atoms with Crippen molar-refractivity contribution in [1.82, 2.24) is 4.90 Å². The minimum absolute atomic E-state index is 0.480. The highest BCUT2D eigenvalue weighted by Gasteiger charge is 2.35. The van der Waals surface area contributed by atoms with E-state index >= 15 is 0 Å². The topological polar surface area (TPSA) is 38.5 Å². The lowest BCUT2D eigenvalue weighted by atomic mass is 9.89. The van der Waals surface area contributed by atoms with Crippen LogP contribution in [0.25, 0.3) is 0 Å². The zero-order chi connectivity index (χ0) is 13.2. The molecule has 1 aromatic carbocycles. The van der Waals surface area contributed by atoms with Crippen LogP contribution in [0.15, 0.2) is 24.3 Å². The van der Waals surface area contributed by atoms with E-state index in [1.165, 1.54) is 24.8 Å². The van der Waals surface area contributed by atoms with E-state index < -0.39 is 0 Å². The lowest BCUT2D eigenvalue weighted by Crippen LogP contribution is -2.51. The average Bonchev–Trinajstić information content (AvgIpc) is 2.46. The lowest BCUT2D eigenvalue weighted by Gasteiger charge is -2.46. The van der Waals surface area contributed by atoms with E-state index in [0.29, 0.717) is 18.1 Å². The molecule has 0 aromatic heterocycles. The summed E-state index contributed by atoms with van der Waals surface area (Å²) in [5.74, 6) is 1.06. The largest absolute Gasteiger partial charge is 0.493 e. The molecule has 3 atom stereocenters. The fourth-order valence-corrected chi connectivity index (χ4v) is 3.74. The summed E-state index contributed by atoms with van der Waals surface area (Å²) < 4.78 is 5.79. The molecule has 3 nitrogen and oxygen atoms in total. The molecule has 0 aliphatic carbocycles. The van der Waals surface area contributed by atoms with E-state index in [-0.39, 0.29) is 0 Å². The van der Waals surface area contributed by atoms with Crippen molar-refractivity contribution in [3.63, 3.8) is 0 Å². The van der Waals surface area contributed by atoms with E-state index in [9.17, 15) is 0 Å². The molecule has 0 saturated carbocycles. The van der Waals surface area contributed by atoms with Gasteiger partial charge >= 0.3 is 0 Å². The molecule has 3 unspecified atom stereocenters. The van der Waals surface area contributed by atoms with Crippen molar-refractivity contribution in [3.05, 3.63) is 29.8 Å². The average molecular weight is 260 g/mol. The molecule has 0 bridgehead atoms. The van der Waals surface area contributed by atoms with Gasteiger partial charge in [-0.05, 0) is 25.8 Å². The van der Waals surface area contributed by atoms with Gasteiger partial charge in [-0.25, -0.2) is 0 Å². The Morgan fingerprint density at radius 1 is 1.26 bits per heavy atom. The number of piperidine rings is 1. The molecule has 0 radical (unpaired) electrons. The molecule has 104 valence electrons. The summed E-state index contributed by atoms with van der Waals surface area (Å²) in [6.45, 7) is 3.94. The van der Waals surface area contributed by atoms with Crippen molar-refractivity contribution in [2.45, 2.75) is 50.7 Å². The molecule has 1 aromatic rings. The molecule has 2 aliphatic rings. The van der Waals surface area contributed by atoms with Crippen molar-refractivity contribution in [2.75, 3.05) is 13.2 Å². The number of ether oxygens (including phenoxy) is 1. The van der Waals surface area contributed by atoms with Crippen LogP contribution in [0.3, 0.4) is 0 Å². The van der Waals surface area contributed by atoms with Crippen LogP contribution < -0.4 is 10.5 Å². The number of nitrogens with zero attached hydrogens (tertiary/aromatic N) is 1. The Balaban J connectivity index is 1.92. The van der Waals surface area contributed by atoms with Gasteiger partial charge in [0.2, 0.25) is 0 Å². The van der Waals surface area contributed by atoms with Crippen molar-refractivity contribution >= 4 is 0 Å². The summed E-state index contributed by atoms with van der Waals surface area (Å²) in [6, 6.07) is 10.1. The van der Waals surface area contributed by atoms with Gasteiger partial charge in [-0.2, -0.15) is 0 Å². The Morgan fingerprint density at radius 2 is 2.11 bits per heavy atom. The highest BCUT2D eigenvalue weighted by molar-refractivity contribution is 5.37. The number of benzene rings is 1. The molecule has 2 heterocycles. The Kier molecular flexibility index (Phi) is 3.76. The summed E-state index contributed by atoms with van der Waals surface area (Å²) in [6.07, 6.45) is 4.92. The van der Waals surface area contributed by atoms with Crippen LogP contribution in [0.1, 0.15) is 44.2 Å². The summed E-state index contributed by atoms with van der Waals surface area (Å²) in [5.41, 5.74) is 7.36. The molecule has 1 fully saturated rings. The molecule has 19 heavy (non-hydrogen) atoms. The SMILES string of the molecule is CC1CCCC(CN)N1C1CCOc2ccccc21. The van der Waals surface area contributed by atoms with E-state index in [1.54, 1.807) is 0 Å². The third-order valence-corrected chi connectivity index (χ3v) is 4.65. The fourth-order valence-electron chi connectivity index (χ4n) is 3.74. The van der Waals surface area contributed by atoms with Gasteiger partial charge < -0.3 is 10.5 Å². The molecule has 3 heteroatoms. The second-order valence-electron chi connectivity index (χ2n) is 5.81. The zero-order valence-corrected chi connectivity index (χ0v) is 11.7. The van der Waals surface area contributed by atoms with E-state index in [1.807, 2.05) is 0 Å². The first-order valence-electron chi connectivity index (χ1n) is 7.50. The van der Waals surface area contributed by atoms with Crippen LogP contribution in [0.4, 0.5) is 0 Å². The number of rotatable bonds is 2. The molecule has 0 spiro atoms. The molecule has 2 N–H and O–H groups in total. The molecule has 3 rings (SSSR count). The van der Waals surface area contributed by atoms with Gasteiger partial charge in [0.1, 0.15) is 5.75 Å². The highest BCUT2D eigenvalue weighted by Crippen LogP contribution is 2.40. The monoisotopic (exact) mass is 260 g/mol. The van der Waals surface area contributed by atoms with Gasteiger partial charge in [0.05, 0.1) is 6.61 Å². The number of likely N-dealkylation sites (tertiary alicyclic amines) is 1. The second kappa shape index (κ2) is 5.51. The van der Waals surface area contributed by atoms with Crippen LogP contribution in [0.5, 0.6) is 5.75 Å². The molecule has 2 aliphatic heterocycles. The minimum atomic E-state index is 0.480. The maximum atomic E-state index is 6.01. The summed E-state index contributed by atoms with van der Waals surface area (Å²) in [7, 11) is 0. The second-order valence-corrected chi connectivity index (χ2v) is 5.81. The third kappa shape index (κ3) is 2.37. The normalized spacial score (nSPS) is 31.6. The van der Waals surface area contributed by atoms with Crippen molar-refractivity contribution in [3.8, 4) is 5.75 Å². The highest BCUT2D eigenvalue weighted by atomic mass is 16.5. The van der Waals surface area contributed by atoms with Gasteiger partial charge in [-0.1, -0.05) is 24.6 Å². The maximum absolute atomic E-state index is 6.01. The lowest BCUT2D eigenvalue weighted by molar-refractivity contribution is 0.0298. The van der Waals surface area contributed by atoms with E-state index in [0.717, 1.165) is 25.3 Å². The zero-order valence-electron chi connectivity index (χ0n) is 11.7. The number of para-hydroxylation sites is 1. The van der Waals surface area contributed by atoms with Crippen LogP contribution in [0.2, 0.25) is 0 Å². The summed E-state index contributed by atoms with van der Waals surface area (Å²) in [5, 5.41) is 0.